The quantitative estimate of drug-likeness (QED) is 0.634. The Hall–Kier alpha value is -0.720. The second-order valence-corrected chi connectivity index (χ2v) is 6.04. The van der Waals surface area contributed by atoms with E-state index in [4.69, 9.17) is 5.84 Å². The third kappa shape index (κ3) is 3.37. The Morgan fingerprint density at radius 3 is 2.65 bits per heavy atom. The summed E-state index contributed by atoms with van der Waals surface area (Å²) in [6.45, 7) is 3.22. The van der Waals surface area contributed by atoms with Gasteiger partial charge in [-0.25, -0.2) is 5.84 Å². The molecule has 96 valence electrons. The van der Waals surface area contributed by atoms with Gasteiger partial charge in [-0.1, -0.05) is 18.3 Å². The lowest BCUT2D eigenvalue weighted by molar-refractivity contribution is 0.163. The molecule has 0 spiro atoms. The zero-order chi connectivity index (χ0) is 12.3. The van der Waals surface area contributed by atoms with Gasteiger partial charge in [0, 0.05) is 6.04 Å². The van der Waals surface area contributed by atoms with Gasteiger partial charge in [0.15, 0.2) is 0 Å². The van der Waals surface area contributed by atoms with Gasteiger partial charge in [0.05, 0.1) is 6.54 Å². The zero-order valence-electron chi connectivity index (χ0n) is 10.5. The third-order valence-corrected chi connectivity index (χ3v) is 4.42. The number of nitrogens with two attached hydrogens (primary N) is 1. The van der Waals surface area contributed by atoms with Gasteiger partial charge in [0.1, 0.15) is 5.01 Å². The molecular formula is C11H21N5S. The molecule has 0 unspecified atom stereocenters. The van der Waals surface area contributed by atoms with Crippen LogP contribution in [0.25, 0.3) is 0 Å². The van der Waals surface area contributed by atoms with E-state index in [2.05, 4.69) is 34.5 Å². The number of anilines is 1. The summed E-state index contributed by atoms with van der Waals surface area (Å²) in [6, 6.07) is 0.699. The number of hydrogen-bond acceptors (Lipinski definition) is 6. The molecule has 1 fully saturated rings. The number of aromatic nitrogens is 2. The van der Waals surface area contributed by atoms with Crippen molar-refractivity contribution in [1.82, 2.24) is 15.1 Å². The molecule has 1 saturated carbocycles. The van der Waals surface area contributed by atoms with Crippen molar-refractivity contribution >= 4 is 16.5 Å². The van der Waals surface area contributed by atoms with E-state index in [1.165, 1.54) is 37.0 Å². The molecule has 0 aliphatic heterocycles. The fourth-order valence-corrected chi connectivity index (χ4v) is 3.12. The molecule has 17 heavy (non-hydrogen) atoms. The predicted octanol–water partition coefficient (Wildman–Crippen LogP) is 1.83. The highest BCUT2D eigenvalue weighted by atomic mass is 32.1. The Bertz CT molecular complexity index is 345. The van der Waals surface area contributed by atoms with Crippen molar-refractivity contribution in [3.63, 3.8) is 0 Å². The van der Waals surface area contributed by atoms with Crippen LogP contribution in [0.5, 0.6) is 0 Å². The first-order valence-corrected chi connectivity index (χ1v) is 7.00. The Kier molecular flexibility index (Phi) is 4.31. The van der Waals surface area contributed by atoms with E-state index in [1.807, 2.05) is 0 Å². The maximum absolute atomic E-state index is 5.30. The summed E-state index contributed by atoms with van der Waals surface area (Å²) in [5.74, 6) is 6.19. The fourth-order valence-electron chi connectivity index (χ4n) is 2.40. The largest absolute Gasteiger partial charge is 0.298 e. The number of hydrazine groups is 1. The standard InChI is InChI=1S/C11H21N5S/c1-8-3-5-9(6-4-8)16(2)7-10-14-15-11(13-12)17-10/h8-9H,3-7,12H2,1-2H3,(H,13,15). The van der Waals surface area contributed by atoms with Crippen LogP contribution in [0.15, 0.2) is 0 Å². The first kappa shape index (κ1) is 12.7. The predicted molar refractivity (Wildman–Crippen MR) is 70.6 cm³/mol. The second kappa shape index (κ2) is 5.75. The van der Waals surface area contributed by atoms with E-state index in [0.717, 1.165) is 17.5 Å². The van der Waals surface area contributed by atoms with Gasteiger partial charge in [-0.05, 0) is 38.6 Å². The lowest BCUT2D eigenvalue weighted by Crippen LogP contribution is -2.34. The van der Waals surface area contributed by atoms with E-state index in [9.17, 15) is 0 Å². The minimum Gasteiger partial charge on any atom is -0.298 e. The number of rotatable bonds is 4. The highest BCUT2D eigenvalue weighted by Crippen LogP contribution is 2.27. The molecule has 0 saturated heterocycles. The van der Waals surface area contributed by atoms with Gasteiger partial charge in [-0.15, -0.1) is 10.2 Å². The van der Waals surface area contributed by atoms with Crippen molar-refractivity contribution in [3.8, 4) is 0 Å². The molecule has 1 heterocycles. The SMILES string of the molecule is CC1CCC(N(C)Cc2nnc(NN)s2)CC1. The van der Waals surface area contributed by atoms with E-state index >= 15 is 0 Å². The van der Waals surface area contributed by atoms with Crippen molar-refractivity contribution < 1.29 is 0 Å². The zero-order valence-corrected chi connectivity index (χ0v) is 11.3. The minimum atomic E-state index is 0.686. The van der Waals surface area contributed by atoms with Gasteiger partial charge in [-0.3, -0.25) is 10.3 Å². The summed E-state index contributed by atoms with van der Waals surface area (Å²) in [4.78, 5) is 2.40. The molecule has 6 heteroatoms. The summed E-state index contributed by atoms with van der Waals surface area (Å²) in [5.41, 5.74) is 2.53. The average molecular weight is 255 g/mol. The molecule has 1 aromatic heterocycles. The molecular weight excluding hydrogens is 234 g/mol. The lowest BCUT2D eigenvalue weighted by atomic mass is 9.87. The molecule has 0 aromatic carbocycles. The fraction of sp³-hybridized carbons (Fsp3) is 0.818. The summed E-state index contributed by atoms with van der Waals surface area (Å²) >= 11 is 1.53. The minimum absolute atomic E-state index is 0.686. The van der Waals surface area contributed by atoms with Crippen LogP contribution in [-0.2, 0) is 6.54 Å². The van der Waals surface area contributed by atoms with Crippen molar-refractivity contribution in [1.29, 1.82) is 0 Å². The summed E-state index contributed by atoms with van der Waals surface area (Å²) in [6.07, 6.45) is 5.30. The van der Waals surface area contributed by atoms with Crippen LogP contribution in [-0.4, -0.2) is 28.2 Å². The number of nitrogens with zero attached hydrogens (tertiary/aromatic N) is 3. The number of nitrogens with one attached hydrogen (secondary N) is 1. The van der Waals surface area contributed by atoms with Crippen molar-refractivity contribution in [2.24, 2.45) is 11.8 Å². The monoisotopic (exact) mass is 255 g/mol. The average Bonchev–Trinajstić information content (AvgIpc) is 2.77. The van der Waals surface area contributed by atoms with Gasteiger partial charge in [0.25, 0.3) is 0 Å². The van der Waals surface area contributed by atoms with Crippen LogP contribution >= 0.6 is 11.3 Å². The smallest absolute Gasteiger partial charge is 0.219 e. The molecule has 1 aliphatic rings. The first-order chi connectivity index (χ1) is 8.19. The molecule has 5 nitrogen and oxygen atoms in total. The van der Waals surface area contributed by atoms with E-state index in [1.54, 1.807) is 0 Å². The topological polar surface area (TPSA) is 67.1 Å². The molecule has 0 amide bonds. The molecule has 2 rings (SSSR count). The van der Waals surface area contributed by atoms with Crippen LogP contribution < -0.4 is 11.3 Å². The van der Waals surface area contributed by atoms with Gasteiger partial charge in [0.2, 0.25) is 5.13 Å². The number of hydrogen-bond donors (Lipinski definition) is 2. The van der Waals surface area contributed by atoms with Gasteiger partial charge < -0.3 is 0 Å². The number of nitrogen functional groups attached to an aromatic ring is 1. The van der Waals surface area contributed by atoms with E-state index < -0.39 is 0 Å². The molecule has 1 aromatic rings. The molecule has 0 atom stereocenters. The first-order valence-electron chi connectivity index (χ1n) is 6.18. The van der Waals surface area contributed by atoms with Crippen molar-refractivity contribution in [3.05, 3.63) is 5.01 Å². The highest BCUT2D eigenvalue weighted by Gasteiger charge is 2.22. The third-order valence-electron chi connectivity index (χ3n) is 3.58. The van der Waals surface area contributed by atoms with Crippen molar-refractivity contribution in [2.45, 2.75) is 45.2 Å². The Morgan fingerprint density at radius 2 is 2.06 bits per heavy atom. The molecule has 0 radical (unpaired) electrons. The van der Waals surface area contributed by atoms with E-state index in [0.29, 0.717) is 11.2 Å². The highest BCUT2D eigenvalue weighted by molar-refractivity contribution is 7.15. The van der Waals surface area contributed by atoms with Gasteiger partial charge >= 0.3 is 0 Å². The molecule has 1 aliphatic carbocycles. The van der Waals surface area contributed by atoms with Crippen LogP contribution in [0.4, 0.5) is 5.13 Å². The van der Waals surface area contributed by atoms with Crippen LogP contribution in [0.2, 0.25) is 0 Å². The summed E-state index contributed by atoms with van der Waals surface area (Å²) in [5, 5.41) is 9.78. The van der Waals surface area contributed by atoms with Crippen LogP contribution in [0.1, 0.15) is 37.6 Å². The van der Waals surface area contributed by atoms with Crippen molar-refractivity contribution in [2.75, 3.05) is 12.5 Å². The maximum atomic E-state index is 5.30. The molecule has 3 N–H and O–H groups in total. The Labute approximate surface area is 106 Å². The van der Waals surface area contributed by atoms with Crippen LogP contribution in [0, 0.1) is 5.92 Å². The summed E-state index contributed by atoms with van der Waals surface area (Å²) in [7, 11) is 2.18. The lowest BCUT2D eigenvalue weighted by Gasteiger charge is -2.32. The van der Waals surface area contributed by atoms with Crippen LogP contribution in [0.3, 0.4) is 0 Å². The van der Waals surface area contributed by atoms with Gasteiger partial charge in [-0.2, -0.15) is 0 Å². The second-order valence-electron chi connectivity index (χ2n) is 4.97. The summed E-state index contributed by atoms with van der Waals surface area (Å²) < 4.78 is 0. The Morgan fingerprint density at radius 1 is 1.35 bits per heavy atom. The Balaban J connectivity index is 1.85. The maximum Gasteiger partial charge on any atom is 0.219 e. The molecule has 0 bridgehead atoms. The normalized spacial score (nSPS) is 25.2. The van der Waals surface area contributed by atoms with E-state index in [-0.39, 0.29) is 0 Å².